The summed E-state index contributed by atoms with van der Waals surface area (Å²) in [7, 11) is 0. The van der Waals surface area contributed by atoms with Crippen molar-refractivity contribution in [2.24, 2.45) is 0 Å². The second-order valence-corrected chi connectivity index (χ2v) is 6.95. The van der Waals surface area contributed by atoms with Crippen molar-refractivity contribution in [1.82, 2.24) is 5.32 Å². The van der Waals surface area contributed by atoms with Crippen LogP contribution in [0.25, 0.3) is 0 Å². The van der Waals surface area contributed by atoms with Crippen molar-refractivity contribution in [2.45, 2.75) is 39.3 Å². The van der Waals surface area contributed by atoms with E-state index in [0.717, 1.165) is 36.9 Å². The maximum absolute atomic E-state index is 8.80. The first-order valence-corrected chi connectivity index (χ1v) is 9.33. The lowest BCUT2D eigenvalue weighted by Gasteiger charge is -2.15. The molecule has 0 amide bonds. The molecule has 2 rings (SSSR count). The molecule has 3 nitrogen and oxygen atoms in total. The van der Waals surface area contributed by atoms with Gasteiger partial charge in [0.2, 0.25) is 0 Å². The van der Waals surface area contributed by atoms with Crippen LogP contribution in [0.3, 0.4) is 0 Å². The normalized spacial score (nSPS) is 10.5. The molecule has 0 radical (unpaired) electrons. The topological polar surface area (TPSA) is 41.5 Å². The lowest BCUT2D eigenvalue weighted by atomic mass is 10.1. The SMILES string of the molecule is Cc1ccc(COc2c(Cl)cc(Cl)cc2CNCCCCCO)cc1.Cl. The molecule has 0 spiro atoms. The summed E-state index contributed by atoms with van der Waals surface area (Å²) in [6, 6.07) is 11.8. The molecule has 2 aromatic carbocycles. The van der Waals surface area contributed by atoms with Crippen molar-refractivity contribution >= 4 is 35.6 Å². The van der Waals surface area contributed by atoms with Gasteiger partial charge >= 0.3 is 0 Å². The highest BCUT2D eigenvalue weighted by molar-refractivity contribution is 6.35. The maximum Gasteiger partial charge on any atom is 0.142 e. The molecule has 0 aliphatic heterocycles. The number of ether oxygens (including phenoxy) is 1. The predicted octanol–water partition coefficient (Wildman–Crippen LogP) is 5.55. The molecule has 0 atom stereocenters. The fourth-order valence-corrected chi connectivity index (χ4v) is 3.10. The third-order valence-corrected chi connectivity index (χ3v) is 4.42. The van der Waals surface area contributed by atoms with E-state index >= 15 is 0 Å². The number of aryl methyl sites for hydroxylation is 1. The summed E-state index contributed by atoms with van der Waals surface area (Å²) in [5.41, 5.74) is 3.27. The minimum absolute atomic E-state index is 0. The lowest BCUT2D eigenvalue weighted by molar-refractivity contribution is 0.282. The van der Waals surface area contributed by atoms with Crippen LogP contribution in [0.1, 0.15) is 36.0 Å². The number of rotatable bonds is 10. The average Bonchev–Trinajstić information content (AvgIpc) is 2.58. The second-order valence-electron chi connectivity index (χ2n) is 6.11. The van der Waals surface area contributed by atoms with E-state index in [1.54, 1.807) is 6.07 Å². The van der Waals surface area contributed by atoms with Crippen LogP contribution < -0.4 is 10.1 Å². The van der Waals surface area contributed by atoms with Crippen molar-refractivity contribution in [1.29, 1.82) is 0 Å². The zero-order valence-electron chi connectivity index (χ0n) is 14.9. The monoisotopic (exact) mass is 417 g/mol. The van der Waals surface area contributed by atoms with Crippen LogP contribution in [0.2, 0.25) is 10.0 Å². The van der Waals surface area contributed by atoms with Gasteiger partial charge in [-0.1, -0.05) is 53.0 Å². The van der Waals surface area contributed by atoms with Crippen LogP contribution in [-0.2, 0) is 13.2 Å². The van der Waals surface area contributed by atoms with E-state index in [4.69, 9.17) is 33.0 Å². The molecule has 2 aromatic rings. The highest BCUT2D eigenvalue weighted by atomic mass is 35.5. The first-order chi connectivity index (χ1) is 12.1. The molecule has 2 N–H and O–H groups in total. The van der Waals surface area contributed by atoms with Gasteiger partial charge in [-0.05, 0) is 50.4 Å². The largest absolute Gasteiger partial charge is 0.487 e. The molecule has 0 bridgehead atoms. The number of halogens is 3. The fourth-order valence-electron chi connectivity index (χ4n) is 2.51. The molecule has 0 saturated carbocycles. The molecular weight excluding hydrogens is 393 g/mol. The minimum Gasteiger partial charge on any atom is -0.487 e. The van der Waals surface area contributed by atoms with Gasteiger partial charge in [-0.3, -0.25) is 0 Å². The van der Waals surface area contributed by atoms with Gasteiger partial charge in [-0.2, -0.15) is 0 Å². The molecule has 144 valence electrons. The average molecular weight is 419 g/mol. The summed E-state index contributed by atoms with van der Waals surface area (Å²) >= 11 is 12.5. The number of unbranched alkanes of at least 4 members (excludes halogenated alkanes) is 2. The van der Waals surface area contributed by atoms with Gasteiger partial charge in [0.1, 0.15) is 12.4 Å². The molecule has 0 aromatic heterocycles. The molecule has 0 saturated heterocycles. The Morgan fingerprint density at radius 1 is 1.04 bits per heavy atom. The molecule has 6 heteroatoms. The Kier molecular flexibility index (Phi) is 11.0. The fraction of sp³-hybridized carbons (Fsp3) is 0.400. The third kappa shape index (κ3) is 7.73. The van der Waals surface area contributed by atoms with Gasteiger partial charge in [-0.15, -0.1) is 12.4 Å². The van der Waals surface area contributed by atoms with Gasteiger partial charge in [0.15, 0.2) is 0 Å². The summed E-state index contributed by atoms with van der Waals surface area (Å²) in [6.07, 6.45) is 2.88. The smallest absolute Gasteiger partial charge is 0.142 e. The summed E-state index contributed by atoms with van der Waals surface area (Å²) in [5.74, 6) is 0.675. The van der Waals surface area contributed by atoms with Crippen molar-refractivity contribution in [3.05, 3.63) is 63.1 Å². The molecule has 0 unspecified atom stereocenters. The van der Waals surface area contributed by atoms with Crippen LogP contribution in [-0.4, -0.2) is 18.3 Å². The number of hydrogen-bond donors (Lipinski definition) is 2. The highest BCUT2D eigenvalue weighted by Gasteiger charge is 2.11. The zero-order chi connectivity index (χ0) is 18.1. The second kappa shape index (κ2) is 12.4. The quantitative estimate of drug-likeness (QED) is 0.497. The molecule has 0 aliphatic rings. The predicted molar refractivity (Wildman–Crippen MR) is 112 cm³/mol. The Labute approximate surface area is 172 Å². The van der Waals surface area contributed by atoms with Crippen LogP contribution >= 0.6 is 35.6 Å². The van der Waals surface area contributed by atoms with E-state index in [2.05, 4.69) is 36.5 Å². The molecule has 0 heterocycles. The van der Waals surface area contributed by atoms with Crippen LogP contribution in [0.15, 0.2) is 36.4 Å². The van der Waals surface area contributed by atoms with Gasteiger partial charge in [-0.25, -0.2) is 0 Å². The van der Waals surface area contributed by atoms with Crippen molar-refractivity contribution in [2.75, 3.05) is 13.2 Å². The first-order valence-electron chi connectivity index (χ1n) is 8.58. The highest BCUT2D eigenvalue weighted by Crippen LogP contribution is 2.33. The summed E-state index contributed by atoms with van der Waals surface area (Å²) in [5, 5.41) is 13.3. The molecule has 26 heavy (non-hydrogen) atoms. The van der Waals surface area contributed by atoms with E-state index in [1.807, 2.05) is 6.07 Å². The Morgan fingerprint density at radius 2 is 1.77 bits per heavy atom. The Balaban J connectivity index is 0.00000338. The van der Waals surface area contributed by atoms with Gasteiger partial charge in [0.05, 0.1) is 5.02 Å². The standard InChI is InChI=1S/C20H25Cl2NO2.ClH/c1-15-5-7-16(8-6-15)14-25-20-17(11-18(21)12-19(20)22)13-23-9-3-2-4-10-24;/h5-8,11-12,23-24H,2-4,9-10,13-14H2,1H3;1H. The van der Waals surface area contributed by atoms with E-state index < -0.39 is 0 Å². The summed E-state index contributed by atoms with van der Waals surface area (Å²) in [4.78, 5) is 0. The Bertz CT molecular complexity index is 663. The number of nitrogens with one attached hydrogen (secondary N) is 1. The Hall–Kier alpha value is -0.970. The van der Waals surface area contributed by atoms with Crippen LogP contribution in [0.5, 0.6) is 5.75 Å². The Morgan fingerprint density at radius 3 is 2.46 bits per heavy atom. The number of benzene rings is 2. The van der Waals surface area contributed by atoms with E-state index in [1.165, 1.54) is 5.56 Å². The minimum atomic E-state index is 0. The van der Waals surface area contributed by atoms with Crippen molar-refractivity contribution in [3.63, 3.8) is 0 Å². The molecule has 0 fully saturated rings. The van der Waals surface area contributed by atoms with Crippen molar-refractivity contribution < 1.29 is 9.84 Å². The number of aliphatic hydroxyl groups is 1. The van der Waals surface area contributed by atoms with E-state index in [0.29, 0.717) is 28.9 Å². The van der Waals surface area contributed by atoms with E-state index in [9.17, 15) is 0 Å². The number of hydrogen-bond acceptors (Lipinski definition) is 3. The molecule has 0 aliphatic carbocycles. The van der Waals surface area contributed by atoms with Gasteiger partial charge < -0.3 is 15.2 Å². The van der Waals surface area contributed by atoms with Crippen LogP contribution in [0, 0.1) is 6.92 Å². The molecular formula is C20H26Cl3NO2. The maximum atomic E-state index is 8.80. The van der Waals surface area contributed by atoms with Gasteiger partial charge in [0, 0.05) is 23.7 Å². The summed E-state index contributed by atoms with van der Waals surface area (Å²) in [6.45, 7) is 4.29. The zero-order valence-corrected chi connectivity index (χ0v) is 17.3. The van der Waals surface area contributed by atoms with Crippen LogP contribution in [0.4, 0.5) is 0 Å². The third-order valence-electron chi connectivity index (χ3n) is 3.92. The van der Waals surface area contributed by atoms with Crippen molar-refractivity contribution in [3.8, 4) is 5.75 Å². The lowest BCUT2D eigenvalue weighted by Crippen LogP contribution is -2.15. The van der Waals surface area contributed by atoms with E-state index in [-0.39, 0.29) is 19.0 Å². The summed E-state index contributed by atoms with van der Waals surface area (Å²) < 4.78 is 5.98. The first kappa shape index (κ1) is 23.1. The van der Waals surface area contributed by atoms with Gasteiger partial charge in [0.25, 0.3) is 0 Å². The number of aliphatic hydroxyl groups excluding tert-OH is 1.